The third-order valence-corrected chi connectivity index (χ3v) is 5.52. The van der Waals surface area contributed by atoms with Crippen molar-refractivity contribution in [2.75, 3.05) is 52.5 Å². The second-order valence-electron chi connectivity index (χ2n) is 7.76. The fourth-order valence-corrected chi connectivity index (χ4v) is 3.85. The monoisotopic (exact) mass is 420 g/mol. The van der Waals surface area contributed by atoms with Crippen LogP contribution in [0.1, 0.15) is 31.7 Å². The molecule has 2 aliphatic heterocycles. The second kappa shape index (κ2) is 12.2. The largest absolute Gasteiger partial charge is 0.379 e. The molecule has 1 aromatic carbocycles. The Bertz CT molecular complexity index is 732. The molecule has 1 atom stereocenters. The Kier molecular flexibility index (Phi) is 9.27. The molecule has 0 aliphatic carbocycles. The summed E-state index contributed by atoms with van der Waals surface area (Å²) in [4.78, 5) is 2.43. The van der Waals surface area contributed by atoms with Crippen molar-refractivity contribution in [3.05, 3.63) is 53.2 Å². The Morgan fingerprint density at radius 3 is 2.77 bits per heavy atom. The minimum atomic E-state index is -0.558. The zero-order valence-corrected chi connectivity index (χ0v) is 17.9. The summed E-state index contributed by atoms with van der Waals surface area (Å²) in [5, 5.41) is 10.1. The predicted molar refractivity (Wildman–Crippen MR) is 117 cm³/mol. The van der Waals surface area contributed by atoms with Crippen molar-refractivity contribution < 1.29 is 13.5 Å². The van der Waals surface area contributed by atoms with Crippen LogP contribution in [0.5, 0.6) is 0 Å². The van der Waals surface area contributed by atoms with E-state index in [1.54, 1.807) is 0 Å². The molecule has 0 spiro atoms. The van der Waals surface area contributed by atoms with E-state index in [0.717, 1.165) is 89.0 Å². The molecule has 7 heteroatoms. The molecule has 166 valence electrons. The van der Waals surface area contributed by atoms with Crippen LogP contribution < -0.4 is 16.0 Å². The lowest BCUT2D eigenvalue weighted by atomic mass is 9.95. The van der Waals surface area contributed by atoms with Gasteiger partial charge in [0.25, 0.3) is 0 Å². The van der Waals surface area contributed by atoms with E-state index in [2.05, 4.69) is 20.9 Å². The smallest absolute Gasteiger partial charge is 0.133 e. The lowest BCUT2D eigenvalue weighted by Crippen LogP contribution is -2.42. The van der Waals surface area contributed by atoms with Crippen molar-refractivity contribution >= 4 is 5.57 Å². The Hall–Kier alpha value is -1.80. The van der Waals surface area contributed by atoms with Crippen LogP contribution in [0.4, 0.5) is 8.78 Å². The molecule has 30 heavy (non-hydrogen) atoms. The SMILES string of the molecule is CCNC1NC=C(CCCCNCCN2CCOCC2)C=C1c1ccc(F)cc1F. The van der Waals surface area contributed by atoms with Gasteiger partial charge in [0, 0.05) is 44.0 Å². The lowest BCUT2D eigenvalue weighted by molar-refractivity contribution is 0.0384. The van der Waals surface area contributed by atoms with E-state index in [1.807, 2.05) is 19.2 Å². The van der Waals surface area contributed by atoms with E-state index in [-0.39, 0.29) is 6.17 Å². The van der Waals surface area contributed by atoms with Crippen molar-refractivity contribution in [2.24, 2.45) is 0 Å². The molecule has 1 unspecified atom stereocenters. The molecule has 2 aliphatic rings. The quantitative estimate of drug-likeness (QED) is 0.481. The summed E-state index contributed by atoms with van der Waals surface area (Å²) in [6.45, 7) is 9.56. The fraction of sp³-hybridized carbons (Fsp3) is 0.565. The lowest BCUT2D eigenvalue weighted by Gasteiger charge is -2.27. The highest BCUT2D eigenvalue weighted by Gasteiger charge is 2.21. The number of halogens is 2. The predicted octanol–water partition coefficient (Wildman–Crippen LogP) is 2.86. The number of hydrogen-bond donors (Lipinski definition) is 3. The van der Waals surface area contributed by atoms with Crippen LogP contribution in [0.3, 0.4) is 0 Å². The Morgan fingerprint density at radius 2 is 2.00 bits per heavy atom. The topological polar surface area (TPSA) is 48.6 Å². The normalized spacial score (nSPS) is 19.9. The summed E-state index contributed by atoms with van der Waals surface area (Å²) in [5.74, 6) is -1.09. The number of dihydropyridines is 1. The van der Waals surface area contributed by atoms with Crippen molar-refractivity contribution in [1.29, 1.82) is 0 Å². The van der Waals surface area contributed by atoms with E-state index >= 15 is 0 Å². The highest BCUT2D eigenvalue weighted by molar-refractivity contribution is 5.73. The first-order valence-electron chi connectivity index (χ1n) is 11.0. The van der Waals surface area contributed by atoms with Gasteiger partial charge in [0.2, 0.25) is 0 Å². The maximum absolute atomic E-state index is 14.4. The second-order valence-corrected chi connectivity index (χ2v) is 7.76. The summed E-state index contributed by atoms with van der Waals surface area (Å²) >= 11 is 0. The highest BCUT2D eigenvalue weighted by atomic mass is 19.1. The van der Waals surface area contributed by atoms with E-state index in [9.17, 15) is 8.78 Å². The van der Waals surface area contributed by atoms with Gasteiger partial charge in [0.05, 0.1) is 13.2 Å². The number of ether oxygens (including phenoxy) is 1. The third-order valence-electron chi connectivity index (χ3n) is 5.52. The van der Waals surface area contributed by atoms with Crippen LogP contribution in [0.15, 0.2) is 36.0 Å². The maximum atomic E-state index is 14.4. The van der Waals surface area contributed by atoms with Crippen LogP contribution in [0, 0.1) is 11.6 Å². The van der Waals surface area contributed by atoms with Gasteiger partial charge in [-0.05, 0) is 55.6 Å². The first-order chi connectivity index (χ1) is 14.7. The van der Waals surface area contributed by atoms with Gasteiger partial charge in [0.15, 0.2) is 0 Å². The standard InChI is InChI=1S/C23H34F2N4O/c1-2-27-23-21(20-7-6-19(24)16-22(20)25)15-18(17-28-23)5-3-4-8-26-9-10-29-11-13-30-14-12-29/h6-7,15-17,23,26-28H,2-5,8-14H2,1H3. The van der Waals surface area contributed by atoms with Gasteiger partial charge in [-0.2, -0.15) is 0 Å². The van der Waals surface area contributed by atoms with E-state index in [0.29, 0.717) is 5.56 Å². The summed E-state index contributed by atoms with van der Waals surface area (Å²) < 4.78 is 33.0. The first kappa shape index (κ1) is 22.9. The minimum Gasteiger partial charge on any atom is -0.379 e. The average molecular weight is 421 g/mol. The molecule has 1 saturated heterocycles. The molecular formula is C23H34F2N4O. The molecule has 5 nitrogen and oxygen atoms in total. The van der Waals surface area contributed by atoms with Crippen LogP contribution in [0.25, 0.3) is 5.57 Å². The zero-order chi connectivity index (χ0) is 21.2. The van der Waals surface area contributed by atoms with Crippen LogP contribution in [0.2, 0.25) is 0 Å². The van der Waals surface area contributed by atoms with Crippen LogP contribution >= 0.6 is 0 Å². The summed E-state index contributed by atoms with van der Waals surface area (Å²) in [7, 11) is 0. The number of benzene rings is 1. The molecule has 2 heterocycles. The zero-order valence-electron chi connectivity index (χ0n) is 17.9. The number of allylic oxidation sites excluding steroid dienone is 2. The fourth-order valence-electron chi connectivity index (χ4n) is 3.85. The van der Waals surface area contributed by atoms with Crippen molar-refractivity contribution in [1.82, 2.24) is 20.9 Å². The van der Waals surface area contributed by atoms with Gasteiger partial charge in [-0.1, -0.05) is 13.0 Å². The van der Waals surface area contributed by atoms with Crippen molar-refractivity contribution in [3.8, 4) is 0 Å². The summed E-state index contributed by atoms with van der Waals surface area (Å²) in [6, 6.07) is 3.77. The number of hydrogen-bond acceptors (Lipinski definition) is 5. The van der Waals surface area contributed by atoms with Crippen LogP contribution in [-0.4, -0.2) is 63.5 Å². The van der Waals surface area contributed by atoms with E-state index < -0.39 is 11.6 Å². The maximum Gasteiger partial charge on any atom is 0.133 e. The number of rotatable bonds is 11. The molecule has 0 radical (unpaired) electrons. The summed E-state index contributed by atoms with van der Waals surface area (Å²) in [5.41, 5.74) is 2.39. The number of likely N-dealkylation sites (N-methyl/N-ethyl adjacent to an activating group) is 1. The molecule has 3 rings (SSSR count). The van der Waals surface area contributed by atoms with Gasteiger partial charge < -0.3 is 15.4 Å². The molecular weight excluding hydrogens is 386 g/mol. The van der Waals surface area contributed by atoms with Crippen molar-refractivity contribution in [2.45, 2.75) is 32.4 Å². The van der Waals surface area contributed by atoms with Crippen LogP contribution in [-0.2, 0) is 4.74 Å². The Morgan fingerprint density at radius 1 is 1.17 bits per heavy atom. The summed E-state index contributed by atoms with van der Waals surface area (Å²) in [6.07, 6.45) is 6.92. The molecule has 1 fully saturated rings. The van der Waals surface area contributed by atoms with Gasteiger partial charge in [-0.25, -0.2) is 8.78 Å². The number of nitrogens with one attached hydrogen (secondary N) is 3. The van der Waals surface area contributed by atoms with Crippen molar-refractivity contribution in [3.63, 3.8) is 0 Å². The molecule has 0 amide bonds. The first-order valence-corrected chi connectivity index (χ1v) is 11.0. The minimum absolute atomic E-state index is 0.180. The number of morpholine rings is 1. The molecule has 0 bridgehead atoms. The third kappa shape index (κ3) is 6.87. The van der Waals surface area contributed by atoms with Gasteiger partial charge in [0.1, 0.15) is 17.8 Å². The number of nitrogens with zero attached hydrogens (tertiary/aromatic N) is 1. The highest BCUT2D eigenvalue weighted by Crippen LogP contribution is 2.27. The molecule has 1 aromatic rings. The number of unbranched alkanes of at least 4 members (excludes halogenated alkanes) is 1. The molecule has 0 aromatic heterocycles. The van der Waals surface area contributed by atoms with E-state index in [1.165, 1.54) is 12.1 Å². The van der Waals surface area contributed by atoms with Gasteiger partial charge >= 0.3 is 0 Å². The van der Waals surface area contributed by atoms with Gasteiger partial charge in [-0.15, -0.1) is 0 Å². The molecule has 0 saturated carbocycles. The van der Waals surface area contributed by atoms with E-state index in [4.69, 9.17) is 4.74 Å². The average Bonchev–Trinajstić information content (AvgIpc) is 2.75. The Labute approximate surface area is 178 Å². The van der Waals surface area contributed by atoms with Gasteiger partial charge in [-0.3, -0.25) is 10.2 Å². The molecule has 3 N–H and O–H groups in total. The Balaban J connectivity index is 1.44.